The highest BCUT2D eigenvalue weighted by Gasteiger charge is 2.32. The topological polar surface area (TPSA) is 61.4 Å². The van der Waals surface area contributed by atoms with Gasteiger partial charge in [-0.3, -0.25) is 4.79 Å². The summed E-state index contributed by atoms with van der Waals surface area (Å²) in [6.45, 7) is 10.1. The lowest BCUT2D eigenvalue weighted by Gasteiger charge is -2.38. The molecule has 2 heterocycles. The summed E-state index contributed by atoms with van der Waals surface area (Å²) in [6, 6.07) is 7.98. The molecule has 7 heteroatoms. The Kier molecular flexibility index (Phi) is 6.77. The number of anilines is 1. The average molecular weight is 442 g/mol. The Bertz CT molecular complexity index is 909. The van der Waals surface area contributed by atoms with E-state index in [1.165, 1.54) is 11.3 Å². The number of nitrogens with one attached hydrogen (secondary N) is 1. The second-order valence-electron chi connectivity index (χ2n) is 8.98. The van der Waals surface area contributed by atoms with Crippen LogP contribution in [-0.4, -0.2) is 59.5 Å². The molecule has 0 bridgehead atoms. The number of carbonyl (C=O) groups excluding carboxylic acids is 1. The van der Waals surface area contributed by atoms with E-state index in [0.29, 0.717) is 36.6 Å². The molecule has 0 spiro atoms. The molecule has 166 valence electrons. The van der Waals surface area contributed by atoms with Crippen molar-refractivity contribution in [1.82, 2.24) is 20.2 Å². The quantitative estimate of drug-likeness (QED) is 0.741. The molecular formula is C24H32ClN5O. The molecule has 0 unspecified atom stereocenters. The van der Waals surface area contributed by atoms with Crippen LogP contribution in [0.2, 0.25) is 5.02 Å². The van der Waals surface area contributed by atoms with E-state index in [2.05, 4.69) is 41.0 Å². The van der Waals surface area contributed by atoms with E-state index in [1.54, 1.807) is 6.33 Å². The van der Waals surface area contributed by atoms with Gasteiger partial charge in [-0.15, -0.1) is 0 Å². The van der Waals surface area contributed by atoms with Crippen LogP contribution < -0.4 is 10.2 Å². The Balaban J connectivity index is 1.46. The Labute approximate surface area is 190 Å². The van der Waals surface area contributed by atoms with Crippen molar-refractivity contribution in [3.8, 4) is 0 Å². The van der Waals surface area contributed by atoms with Crippen LogP contribution in [-0.2, 0) is 11.2 Å². The molecule has 1 aromatic heterocycles. The third kappa shape index (κ3) is 4.85. The normalized spacial score (nSPS) is 19.6. The lowest BCUT2D eigenvalue weighted by Crippen LogP contribution is -2.51. The number of aromatic nitrogens is 2. The zero-order valence-corrected chi connectivity index (χ0v) is 19.4. The molecule has 0 radical (unpaired) electrons. The number of rotatable bonds is 6. The summed E-state index contributed by atoms with van der Waals surface area (Å²) in [5, 5.41) is 4.13. The molecular weight excluding hydrogens is 410 g/mol. The van der Waals surface area contributed by atoms with E-state index < -0.39 is 0 Å². The summed E-state index contributed by atoms with van der Waals surface area (Å²) in [5.74, 6) is 1.53. The minimum atomic E-state index is -0.213. The molecule has 2 atom stereocenters. The molecule has 1 aliphatic carbocycles. The van der Waals surface area contributed by atoms with Gasteiger partial charge < -0.3 is 15.1 Å². The Morgan fingerprint density at radius 2 is 1.87 bits per heavy atom. The monoisotopic (exact) mass is 441 g/mol. The second-order valence-corrected chi connectivity index (χ2v) is 9.41. The molecule has 0 saturated carbocycles. The van der Waals surface area contributed by atoms with Gasteiger partial charge in [-0.1, -0.05) is 44.5 Å². The van der Waals surface area contributed by atoms with E-state index in [9.17, 15) is 4.79 Å². The highest BCUT2D eigenvalue weighted by molar-refractivity contribution is 6.30. The first-order chi connectivity index (χ1) is 14.9. The van der Waals surface area contributed by atoms with Crippen molar-refractivity contribution in [3.05, 3.63) is 52.4 Å². The van der Waals surface area contributed by atoms with Crippen LogP contribution >= 0.6 is 11.6 Å². The molecule has 1 aromatic carbocycles. The van der Waals surface area contributed by atoms with Gasteiger partial charge >= 0.3 is 0 Å². The fourth-order valence-electron chi connectivity index (χ4n) is 4.63. The van der Waals surface area contributed by atoms with Crippen molar-refractivity contribution < 1.29 is 4.79 Å². The van der Waals surface area contributed by atoms with Crippen LogP contribution in [0, 0.1) is 0 Å². The van der Waals surface area contributed by atoms with Crippen molar-refractivity contribution in [2.45, 2.75) is 51.5 Å². The molecule has 4 rings (SSSR count). The molecule has 6 nitrogen and oxygen atoms in total. The van der Waals surface area contributed by atoms with Crippen molar-refractivity contribution in [1.29, 1.82) is 0 Å². The molecule has 1 amide bonds. The number of fused-ring (bicyclic) bond motifs is 1. The number of piperazine rings is 1. The van der Waals surface area contributed by atoms with Gasteiger partial charge in [-0.2, -0.15) is 0 Å². The molecule has 1 saturated heterocycles. The van der Waals surface area contributed by atoms with Gasteiger partial charge in [0.25, 0.3) is 0 Å². The molecule has 2 aliphatic rings. The fraction of sp³-hybridized carbons (Fsp3) is 0.542. The van der Waals surface area contributed by atoms with Gasteiger partial charge in [0.05, 0.1) is 5.92 Å². The number of halogens is 1. The standard InChI is InChI=1S/C24H32ClN5O/c1-16(2)26-14-20(18-5-7-19(25)8-6-18)24(31)30-12-10-29(11-13-30)23-22-17(3)4-9-21(22)27-15-28-23/h5-8,15-17,20,26H,4,9-14H2,1-3H3/t17-,20-/m1/s1. The van der Waals surface area contributed by atoms with E-state index >= 15 is 0 Å². The third-order valence-corrected chi connectivity index (χ3v) is 6.70. The predicted molar refractivity (Wildman–Crippen MR) is 125 cm³/mol. The fourth-order valence-corrected chi connectivity index (χ4v) is 4.76. The maximum absolute atomic E-state index is 13.5. The van der Waals surface area contributed by atoms with E-state index in [1.807, 2.05) is 29.2 Å². The summed E-state index contributed by atoms with van der Waals surface area (Å²) in [5.41, 5.74) is 3.51. The Morgan fingerprint density at radius 3 is 2.55 bits per heavy atom. The van der Waals surface area contributed by atoms with Crippen LogP contribution in [0.5, 0.6) is 0 Å². The van der Waals surface area contributed by atoms with Crippen LogP contribution in [0.4, 0.5) is 5.82 Å². The Morgan fingerprint density at radius 1 is 1.16 bits per heavy atom. The maximum atomic E-state index is 13.5. The minimum Gasteiger partial charge on any atom is -0.353 e. The first kappa shape index (κ1) is 22.0. The number of benzene rings is 1. The zero-order valence-electron chi connectivity index (χ0n) is 18.6. The van der Waals surface area contributed by atoms with Crippen LogP contribution in [0.1, 0.15) is 55.8 Å². The number of aryl methyl sites for hydroxylation is 1. The zero-order chi connectivity index (χ0) is 22.0. The molecule has 31 heavy (non-hydrogen) atoms. The van der Waals surface area contributed by atoms with Crippen molar-refractivity contribution in [3.63, 3.8) is 0 Å². The van der Waals surface area contributed by atoms with Crippen LogP contribution in [0.25, 0.3) is 0 Å². The summed E-state index contributed by atoms with van der Waals surface area (Å²) in [4.78, 5) is 26.9. The number of carbonyl (C=O) groups is 1. The first-order valence-corrected chi connectivity index (χ1v) is 11.7. The summed E-state index contributed by atoms with van der Waals surface area (Å²) in [7, 11) is 0. The predicted octanol–water partition coefficient (Wildman–Crippen LogP) is 3.61. The molecule has 1 aliphatic heterocycles. The molecule has 1 fully saturated rings. The summed E-state index contributed by atoms with van der Waals surface area (Å²) in [6.07, 6.45) is 3.87. The lowest BCUT2D eigenvalue weighted by atomic mass is 9.96. The van der Waals surface area contributed by atoms with Crippen molar-refractivity contribution in [2.24, 2.45) is 0 Å². The van der Waals surface area contributed by atoms with E-state index in [-0.39, 0.29) is 11.8 Å². The number of hydrogen-bond donors (Lipinski definition) is 1. The minimum absolute atomic E-state index is 0.177. The SMILES string of the molecule is CC(C)NC[C@@H](C(=O)N1CCN(c2ncnc3c2[C@H](C)CC3)CC1)c1ccc(Cl)cc1. The largest absolute Gasteiger partial charge is 0.353 e. The van der Waals surface area contributed by atoms with Gasteiger partial charge in [0.2, 0.25) is 5.91 Å². The third-order valence-electron chi connectivity index (χ3n) is 6.44. The highest BCUT2D eigenvalue weighted by Crippen LogP contribution is 2.37. The maximum Gasteiger partial charge on any atom is 0.231 e. The Hall–Kier alpha value is -2.18. The van der Waals surface area contributed by atoms with Gasteiger partial charge in [-0.25, -0.2) is 9.97 Å². The summed E-state index contributed by atoms with van der Waals surface area (Å²) >= 11 is 6.07. The number of amides is 1. The van der Waals surface area contributed by atoms with Gasteiger partial charge in [0, 0.05) is 55.0 Å². The van der Waals surface area contributed by atoms with Gasteiger partial charge in [0.1, 0.15) is 12.1 Å². The van der Waals surface area contributed by atoms with Crippen molar-refractivity contribution >= 4 is 23.3 Å². The molecule has 1 N–H and O–H groups in total. The lowest BCUT2D eigenvalue weighted by molar-refractivity contribution is -0.133. The molecule has 2 aromatic rings. The summed E-state index contributed by atoms with van der Waals surface area (Å²) < 4.78 is 0. The smallest absolute Gasteiger partial charge is 0.231 e. The van der Waals surface area contributed by atoms with Crippen LogP contribution in [0.15, 0.2) is 30.6 Å². The van der Waals surface area contributed by atoms with E-state index in [4.69, 9.17) is 11.6 Å². The highest BCUT2D eigenvalue weighted by atomic mass is 35.5. The van der Waals surface area contributed by atoms with Gasteiger partial charge in [0.15, 0.2) is 0 Å². The van der Waals surface area contributed by atoms with Crippen molar-refractivity contribution in [2.75, 3.05) is 37.6 Å². The van der Waals surface area contributed by atoms with E-state index in [0.717, 1.165) is 37.3 Å². The number of hydrogen-bond acceptors (Lipinski definition) is 5. The average Bonchev–Trinajstić information content (AvgIpc) is 3.16. The number of nitrogens with zero attached hydrogens (tertiary/aromatic N) is 4. The first-order valence-electron chi connectivity index (χ1n) is 11.3. The van der Waals surface area contributed by atoms with Gasteiger partial charge in [-0.05, 0) is 36.5 Å². The second kappa shape index (κ2) is 9.53. The van der Waals surface area contributed by atoms with Crippen LogP contribution in [0.3, 0.4) is 0 Å².